The lowest BCUT2D eigenvalue weighted by molar-refractivity contribution is -0.384. The van der Waals surface area contributed by atoms with Gasteiger partial charge in [0.15, 0.2) is 5.70 Å². The van der Waals surface area contributed by atoms with Crippen LogP contribution >= 0.6 is 0 Å². The highest BCUT2D eigenvalue weighted by Gasteiger charge is 2.25. The van der Waals surface area contributed by atoms with Crippen LogP contribution in [0.3, 0.4) is 0 Å². The van der Waals surface area contributed by atoms with Gasteiger partial charge in [-0.1, -0.05) is 36.4 Å². The van der Waals surface area contributed by atoms with Crippen LogP contribution in [0, 0.1) is 21.4 Å². The molecule has 0 saturated carbocycles. The van der Waals surface area contributed by atoms with E-state index in [-0.39, 0.29) is 5.69 Å². The molecule has 3 aromatic carbocycles. The van der Waals surface area contributed by atoms with Crippen molar-refractivity contribution in [3.05, 3.63) is 100 Å². The number of anilines is 1. The summed E-state index contributed by atoms with van der Waals surface area (Å²) in [5.74, 6) is 0.566. The predicted molar refractivity (Wildman–Crippen MR) is 118 cm³/mol. The number of imidazole rings is 1. The summed E-state index contributed by atoms with van der Waals surface area (Å²) in [4.78, 5) is 19.6. The molecule has 1 aliphatic heterocycles. The fourth-order valence-corrected chi connectivity index (χ4v) is 3.57. The zero-order chi connectivity index (χ0) is 21.4. The first-order valence-electron chi connectivity index (χ1n) is 9.42. The highest BCUT2D eigenvalue weighted by Crippen LogP contribution is 2.34. The molecule has 8 heteroatoms. The van der Waals surface area contributed by atoms with Crippen molar-refractivity contribution in [1.82, 2.24) is 9.55 Å². The average molecular weight is 406 g/mol. The molecule has 0 bridgehead atoms. The van der Waals surface area contributed by atoms with Crippen LogP contribution < -0.4 is 5.32 Å². The Morgan fingerprint density at radius 2 is 1.71 bits per heavy atom. The van der Waals surface area contributed by atoms with Crippen LogP contribution in [-0.4, -0.2) is 20.3 Å². The lowest BCUT2D eigenvalue weighted by atomic mass is 10.1. The number of nitro groups is 1. The lowest BCUT2D eigenvalue weighted by Crippen LogP contribution is -2.11. The van der Waals surface area contributed by atoms with Gasteiger partial charge in [-0.3, -0.25) is 14.7 Å². The number of para-hydroxylation sites is 2. The van der Waals surface area contributed by atoms with E-state index in [1.165, 1.54) is 12.1 Å². The first kappa shape index (κ1) is 18.3. The molecule has 148 valence electrons. The SMILES string of the molecule is N#CC(=C1N=C(Nc2ccc([N+](=O)[O-])cc2)c2ccccc21)n1cnc2ccccc21. The van der Waals surface area contributed by atoms with Gasteiger partial charge in [0, 0.05) is 28.9 Å². The number of aliphatic imine (C=N–C) groups is 1. The van der Waals surface area contributed by atoms with Crippen molar-refractivity contribution < 1.29 is 4.92 Å². The Bertz CT molecular complexity index is 1440. The maximum absolute atomic E-state index is 10.9. The molecule has 1 N–H and O–H groups in total. The fourth-order valence-electron chi connectivity index (χ4n) is 3.57. The van der Waals surface area contributed by atoms with Gasteiger partial charge >= 0.3 is 0 Å². The molecule has 8 nitrogen and oxygen atoms in total. The second-order valence-electron chi connectivity index (χ2n) is 6.85. The third-order valence-corrected chi connectivity index (χ3v) is 5.03. The smallest absolute Gasteiger partial charge is 0.269 e. The first-order chi connectivity index (χ1) is 15.2. The Morgan fingerprint density at radius 1 is 1.00 bits per heavy atom. The highest BCUT2D eigenvalue weighted by molar-refractivity contribution is 6.19. The lowest BCUT2D eigenvalue weighted by Gasteiger charge is -2.07. The largest absolute Gasteiger partial charge is 0.340 e. The number of benzene rings is 3. The molecule has 0 atom stereocenters. The van der Waals surface area contributed by atoms with Crippen LogP contribution in [0.4, 0.5) is 11.4 Å². The molecule has 0 saturated heterocycles. The average Bonchev–Trinajstić information content (AvgIpc) is 3.38. The molecule has 0 aliphatic carbocycles. The van der Waals surface area contributed by atoms with Gasteiger partial charge in [0.25, 0.3) is 5.69 Å². The molecule has 0 amide bonds. The summed E-state index contributed by atoms with van der Waals surface area (Å²) in [6, 6.07) is 23.6. The van der Waals surface area contributed by atoms with Crippen LogP contribution in [0.2, 0.25) is 0 Å². The molecule has 4 aromatic rings. The van der Waals surface area contributed by atoms with Crippen LogP contribution in [0.15, 0.2) is 84.1 Å². The number of fused-ring (bicyclic) bond motifs is 2. The normalized spacial score (nSPS) is 14.0. The summed E-state index contributed by atoms with van der Waals surface area (Å²) in [5.41, 5.74) is 4.83. The van der Waals surface area contributed by atoms with Crippen molar-refractivity contribution in [2.75, 3.05) is 5.32 Å². The van der Waals surface area contributed by atoms with Crippen molar-refractivity contribution in [1.29, 1.82) is 5.26 Å². The minimum atomic E-state index is -0.443. The monoisotopic (exact) mass is 406 g/mol. The second-order valence-corrected chi connectivity index (χ2v) is 6.85. The fraction of sp³-hybridized carbons (Fsp3) is 0. The van der Waals surface area contributed by atoms with E-state index >= 15 is 0 Å². The van der Waals surface area contributed by atoms with Crippen LogP contribution in [-0.2, 0) is 0 Å². The van der Waals surface area contributed by atoms with Gasteiger partial charge in [0.05, 0.1) is 16.0 Å². The Hall–Kier alpha value is -4.77. The Morgan fingerprint density at radius 3 is 2.45 bits per heavy atom. The van der Waals surface area contributed by atoms with E-state index < -0.39 is 4.92 Å². The maximum Gasteiger partial charge on any atom is 0.269 e. The van der Waals surface area contributed by atoms with E-state index in [0.717, 1.165) is 22.2 Å². The Kier molecular flexibility index (Phi) is 4.27. The van der Waals surface area contributed by atoms with E-state index in [1.54, 1.807) is 23.0 Å². The van der Waals surface area contributed by atoms with Crippen molar-refractivity contribution in [3.8, 4) is 6.07 Å². The third kappa shape index (κ3) is 3.10. The predicted octanol–water partition coefficient (Wildman–Crippen LogP) is 4.67. The number of amidine groups is 1. The summed E-state index contributed by atoms with van der Waals surface area (Å²) in [5, 5.41) is 24.1. The molecule has 1 aliphatic rings. The number of non-ortho nitro benzene ring substituents is 1. The Balaban J connectivity index is 1.62. The minimum Gasteiger partial charge on any atom is -0.340 e. The molecule has 5 rings (SSSR count). The zero-order valence-electron chi connectivity index (χ0n) is 16.1. The first-order valence-corrected chi connectivity index (χ1v) is 9.42. The number of nitrogens with one attached hydrogen (secondary N) is 1. The summed E-state index contributed by atoms with van der Waals surface area (Å²) < 4.78 is 1.74. The number of aromatic nitrogens is 2. The second kappa shape index (κ2) is 7.24. The third-order valence-electron chi connectivity index (χ3n) is 5.03. The van der Waals surface area contributed by atoms with Gasteiger partial charge in [-0.15, -0.1) is 0 Å². The summed E-state index contributed by atoms with van der Waals surface area (Å²) >= 11 is 0. The molecule has 2 heterocycles. The molecular formula is C23H14N6O2. The van der Waals surface area contributed by atoms with E-state index in [4.69, 9.17) is 4.99 Å². The standard InChI is InChI=1S/C23H14N6O2/c24-13-21(28-14-25-19-7-3-4-8-20(19)28)22-17-5-1-2-6-18(17)23(27-22)26-15-9-11-16(12-10-15)29(30)31/h1-12,14H,(H,26,27). The van der Waals surface area contributed by atoms with Crippen molar-refractivity contribution in [2.24, 2.45) is 4.99 Å². The summed E-state index contributed by atoms with van der Waals surface area (Å²) in [7, 11) is 0. The van der Waals surface area contributed by atoms with Crippen molar-refractivity contribution >= 4 is 39.6 Å². The maximum atomic E-state index is 10.9. The van der Waals surface area contributed by atoms with Gasteiger partial charge < -0.3 is 5.32 Å². The number of allylic oxidation sites excluding steroid dienone is 1. The van der Waals surface area contributed by atoms with E-state index in [9.17, 15) is 15.4 Å². The number of nitrogens with zero attached hydrogens (tertiary/aromatic N) is 5. The topological polar surface area (TPSA) is 109 Å². The van der Waals surface area contributed by atoms with Crippen molar-refractivity contribution in [2.45, 2.75) is 0 Å². The van der Waals surface area contributed by atoms with Gasteiger partial charge in [-0.25, -0.2) is 9.98 Å². The van der Waals surface area contributed by atoms with Crippen LogP contribution in [0.25, 0.3) is 22.4 Å². The number of hydrogen-bond donors (Lipinski definition) is 1. The molecule has 0 unspecified atom stereocenters. The van der Waals surface area contributed by atoms with Gasteiger partial charge in [-0.2, -0.15) is 5.26 Å². The zero-order valence-corrected chi connectivity index (χ0v) is 16.1. The quantitative estimate of drug-likeness (QED) is 0.302. The van der Waals surface area contributed by atoms with Gasteiger partial charge in [0.2, 0.25) is 0 Å². The number of rotatable bonds is 3. The molecular weight excluding hydrogens is 392 g/mol. The van der Waals surface area contributed by atoms with Crippen LogP contribution in [0.5, 0.6) is 0 Å². The molecule has 31 heavy (non-hydrogen) atoms. The summed E-state index contributed by atoms with van der Waals surface area (Å²) in [6.45, 7) is 0. The molecule has 0 fully saturated rings. The Labute approximate surface area is 176 Å². The van der Waals surface area contributed by atoms with E-state index in [0.29, 0.717) is 22.9 Å². The highest BCUT2D eigenvalue weighted by atomic mass is 16.6. The molecule has 0 spiro atoms. The van der Waals surface area contributed by atoms with E-state index in [1.807, 2.05) is 48.5 Å². The molecule has 1 aromatic heterocycles. The van der Waals surface area contributed by atoms with Crippen molar-refractivity contribution in [3.63, 3.8) is 0 Å². The van der Waals surface area contributed by atoms with E-state index in [2.05, 4.69) is 16.4 Å². The number of nitro benzene ring substituents is 1. The van der Waals surface area contributed by atoms with Gasteiger partial charge in [-0.05, 0) is 24.3 Å². The minimum absolute atomic E-state index is 0.0126. The number of nitriles is 1. The van der Waals surface area contributed by atoms with Gasteiger partial charge in [0.1, 0.15) is 23.9 Å². The van der Waals surface area contributed by atoms with Crippen LogP contribution in [0.1, 0.15) is 11.1 Å². The molecule has 0 radical (unpaired) electrons. The number of hydrogen-bond acceptors (Lipinski definition) is 6. The summed E-state index contributed by atoms with van der Waals surface area (Å²) in [6.07, 6.45) is 1.62.